The summed E-state index contributed by atoms with van der Waals surface area (Å²) >= 11 is 0. The van der Waals surface area contributed by atoms with Gasteiger partial charge in [-0.15, -0.1) is 0 Å². The molecule has 2 aromatic carbocycles. The van der Waals surface area contributed by atoms with Crippen molar-refractivity contribution < 1.29 is 9.53 Å². The first-order valence-electron chi connectivity index (χ1n) is 10.5. The van der Waals surface area contributed by atoms with Gasteiger partial charge in [-0.05, 0) is 61.3 Å². The molecule has 0 bridgehead atoms. The molecule has 1 N–H and O–H groups in total. The van der Waals surface area contributed by atoms with E-state index in [4.69, 9.17) is 4.74 Å². The van der Waals surface area contributed by atoms with Crippen LogP contribution < -0.4 is 15.0 Å². The number of anilines is 2. The van der Waals surface area contributed by atoms with Crippen molar-refractivity contribution in [3.8, 4) is 5.75 Å². The van der Waals surface area contributed by atoms with Crippen molar-refractivity contribution in [1.82, 2.24) is 4.90 Å². The molecule has 0 atom stereocenters. The minimum atomic E-state index is -0.00686. The molecule has 29 heavy (non-hydrogen) atoms. The molecule has 1 heterocycles. The van der Waals surface area contributed by atoms with Crippen molar-refractivity contribution in [3.63, 3.8) is 0 Å². The first kappa shape index (κ1) is 21.2. The summed E-state index contributed by atoms with van der Waals surface area (Å²) in [5, 5.41) is 3.03. The highest BCUT2D eigenvalue weighted by Crippen LogP contribution is 2.25. The molecule has 2 aromatic rings. The maximum Gasteiger partial charge on any atom is 0.228 e. The summed E-state index contributed by atoms with van der Waals surface area (Å²) in [6.07, 6.45) is 0.351. The van der Waals surface area contributed by atoms with Crippen LogP contribution in [0.15, 0.2) is 42.5 Å². The van der Waals surface area contributed by atoms with Gasteiger partial charge in [0, 0.05) is 37.6 Å². The molecule has 0 saturated carbocycles. The molecule has 0 spiro atoms. The topological polar surface area (TPSA) is 44.8 Å². The highest BCUT2D eigenvalue weighted by atomic mass is 16.5. The zero-order valence-electron chi connectivity index (χ0n) is 18.1. The summed E-state index contributed by atoms with van der Waals surface area (Å²) in [5.41, 5.74) is 4.28. The number of hydrogen-bond donors (Lipinski definition) is 1. The van der Waals surface area contributed by atoms with Crippen LogP contribution in [0.5, 0.6) is 5.75 Å². The summed E-state index contributed by atoms with van der Waals surface area (Å²) in [6.45, 7) is 11.3. The van der Waals surface area contributed by atoms with E-state index in [1.165, 1.54) is 11.3 Å². The summed E-state index contributed by atoms with van der Waals surface area (Å²) < 4.78 is 5.70. The molecule has 0 radical (unpaired) electrons. The van der Waals surface area contributed by atoms with E-state index < -0.39 is 0 Å². The molecule has 0 unspecified atom stereocenters. The van der Waals surface area contributed by atoms with E-state index in [9.17, 15) is 4.79 Å². The van der Waals surface area contributed by atoms with Crippen molar-refractivity contribution >= 4 is 17.3 Å². The lowest BCUT2D eigenvalue weighted by Crippen LogP contribution is -2.44. The van der Waals surface area contributed by atoms with Crippen molar-refractivity contribution in [3.05, 3.63) is 53.6 Å². The largest absolute Gasteiger partial charge is 0.493 e. The summed E-state index contributed by atoms with van der Waals surface area (Å²) in [5.74, 6) is 1.33. The predicted molar refractivity (Wildman–Crippen MR) is 120 cm³/mol. The minimum absolute atomic E-state index is 0.00686. The van der Waals surface area contributed by atoms with Crippen LogP contribution in [0.1, 0.15) is 25.0 Å². The Morgan fingerprint density at radius 2 is 1.76 bits per heavy atom. The standard InChI is InChI=1S/C24H33N3O2/c1-18(2)17-29-22-8-5-20(6-9-22)16-24(28)25-21-7-10-23(19(3)15-21)27-13-11-26(4)12-14-27/h5-10,15,18H,11-14,16-17H2,1-4H3,(H,25,28). The average molecular weight is 396 g/mol. The van der Waals surface area contributed by atoms with E-state index in [0.29, 0.717) is 18.9 Å². The average Bonchev–Trinajstić information content (AvgIpc) is 2.68. The van der Waals surface area contributed by atoms with Gasteiger partial charge in [-0.1, -0.05) is 26.0 Å². The molecular weight excluding hydrogens is 362 g/mol. The molecule has 5 nitrogen and oxygen atoms in total. The fourth-order valence-corrected chi connectivity index (χ4v) is 3.49. The number of amides is 1. The Hall–Kier alpha value is -2.53. The molecule has 0 aliphatic carbocycles. The van der Waals surface area contributed by atoms with Gasteiger partial charge in [-0.25, -0.2) is 0 Å². The molecule has 156 valence electrons. The third kappa shape index (κ3) is 6.23. The third-order valence-corrected chi connectivity index (χ3v) is 5.20. The van der Waals surface area contributed by atoms with Crippen LogP contribution in [0.4, 0.5) is 11.4 Å². The van der Waals surface area contributed by atoms with E-state index in [0.717, 1.165) is 43.2 Å². The van der Waals surface area contributed by atoms with Gasteiger partial charge >= 0.3 is 0 Å². The van der Waals surface area contributed by atoms with Crippen LogP contribution in [-0.4, -0.2) is 50.6 Å². The molecule has 3 rings (SSSR count). The number of carbonyl (C=O) groups excluding carboxylic acids is 1. The first-order valence-corrected chi connectivity index (χ1v) is 10.5. The molecular formula is C24H33N3O2. The van der Waals surface area contributed by atoms with Gasteiger partial charge in [0.15, 0.2) is 0 Å². The number of ether oxygens (including phenoxy) is 1. The van der Waals surface area contributed by atoms with Crippen LogP contribution in [0.3, 0.4) is 0 Å². The molecule has 1 aliphatic rings. The number of nitrogens with one attached hydrogen (secondary N) is 1. The van der Waals surface area contributed by atoms with Crippen LogP contribution in [0, 0.1) is 12.8 Å². The van der Waals surface area contributed by atoms with Gasteiger partial charge in [0.2, 0.25) is 5.91 Å². The van der Waals surface area contributed by atoms with E-state index in [-0.39, 0.29) is 5.91 Å². The smallest absolute Gasteiger partial charge is 0.228 e. The van der Waals surface area contributed by atoms with Crippen molar-refractivity contribution in [2.45, 2.75) is 27.2 Å². The van der Waals surface area contributed by atoms with E-state index in [2.05, 4.69) is 55.1 Å². The zero-order chi connectivity index (χ0) is 20.8. The SMILES string of the molecule is Cc1cc(NC(=O)Cc2ccc(OCC(C)C)cc2)ccc1N1CCN(C)CC1. The Morgan fingerprint density at radius 3 is 2.38 bits per heavy atom. The number of piperazine rings is 1. The monoisotopic (exact) mass is 395 g/mol. The molecule has 5 heteroatoms. The number of benzene rings is 2. The summed E-state index contributed by atoms with van der Waals surface area (Å²) in [7, 11) is 2.16. The van der Waals surface area contributed by atoms with Crippen LogP contribution in [-0.2, 0) is 11.2 Å². The summed E-state index contributed by atoms with van der Waals surface area (Å²) in [4.78, 5) is 17.2. The zero-order valence-corrected chi connectivity index (χ0v) is 18.1. The van der Waals surface area contributed by atoms with Crippen LogP contribution in [0.2, 0.25) is 0 Å². The van der Waals surface area contributed by atoms with Crippen molar-refractivity contribution in [2.75, 3.05) is 50.1 Å². The lowest BCUT2D eigenvalue weighted by molar-refractivity contribution is -0.115. The molecule has 1 aliphatic heterocycles. The second-order valence-electron chi connectivity index (χ2n) is 8.37. The Bertz CT molecular complexity index is 809. The highest BCUT2D eigenvalue weighted by molar-refractivity contribution is 5.92. The van der Waals surface area contributed by atoms with E-state index in [1.54, 1.807) is 0 Å². The second kappa shape index (κ2) is 9.79. The van der Waals surface area contributed by atoms with Gasteiger partial charge < -0.3 is 19.9 Å². The summed E-state index contributed by atoms with van der Waals surface area (Å²) in [6, 6.07) is 14.0. The lowest BCUT2D eigenvalue weighted by atomic mass is 10.1. The fraction of sp³-hybridized carbons (Fsp3) is 0.458. The molecule has 0 aromatic heterocycles. The minimum Gasteiger partial charge on any atom is -0.493 e. The second-order valence-corrected chi connectivity index (χ2v) is 8.37. The predicted octanol–water partition coefficient (Wildman–Crippen LogP) is 3.96. The quantitative estimate of drug-likeness (QED) is 0.771. The number of nitrogens with zero attached hydrogens (tertiary/aromatic N) is 2. The highest BCUT2D eigenvalue weighted by Gasteiger charge is 2.16. The van der Waals surface area contributed by atoms with Crippen molar-refractivity contribution in [2.24, 2.45) is 5.92 Å². The normalized spacial score (nSPS) is 14.9. The fourth-order valence-electron chi connectivity index (χ4n) is 3.49. The van der Waals surface area contributed by atoms with Crippen LogP contribution >= 0.6 is 0 Å². The first-order chi connectivity index (χ1) is 13.9. The van der Waals surface area contributed by atoms with Gasteiger partial charge in [0.05, 0.1) is 13.0 Å². The van der Waals surface area contributed by atoms with Gasteiger partial charge in [0.25, 0.3) is 0 Å². The number of likely N-dealkylation sites (N-methyl/N-ethyl adjacent to an activating group) is 1. The van der Waals surface area contributed by atoms with E-state index in [1.807, 2.05) is 30.3 Å². The third-order valence-electron chi connectivity index (χ3n) is 5.20. The number of rotatable bonds is 7. The number of carbonyl (C=O) groups is 1. The maximum absolute atomic E-state index is 12.5. The Morgan fingerprint density at radius 1 is 1.07 bits per heavy atom. The Balaban J connectivity index is 1.54. The van der Waals surface area contributed by atoms with Gasteiger partial charge in [0.1, 0.15) is 5.75 Å². The molecule has 1 saturated heterocycles. The number of aryl methyl sites for hydroxylation is 1. The molecule has 1 amide bonds. The maximum atomic E-state index is 12.5. The van der Waals surface area contributed by atoms with Gasteiger partial charge in [-0.3, -0.25) is 4.79 Å². The lowest BCUT2D eigenvalue weighted by Gasteiger charge is -2.35. The van der Waals surface area contributed by atoms with Crippen LogP contribution in [0.25, 0.3) is 0 Å². The van der Waals surface area contributed by atoms with Gasteiger partial charge in [-0.2, -0.15) is 0 Å². The van der Waals surface area contributed by atoms with E-state index >= 15 is 0 Å². The van der Waals surface area contributed by atoms with Crippen molar-refractivity contribution in [1.29, 1.82) is 0 Å². The molecule has 1 fully saturated rings. The number of hydrogen-bond acceptors (Lipinski definition) is 4. The Labute approximate surface area is 174 Å². The Kier molecular flexibility index (Phi) is 7.15.